The zero-order valence-corrected chi connectivity index (χ0v) is 16.5. The quantitative estimate of drug-likeness (QED) is 0.537. The van der Waals surface area contributed by atoms with Gasteiger partial charge in [-0.3, -0.25) is 4.79 Å². The van der Waals surface area contributed by atoms with E-state index in [1.54, 1.807) is 0 Å². The fourth-order valence-electron chi connectivity index (χ4n) is 3.75. The Labute approximate surface area is 159 Å². The van der Waals surface area contributed by atoms with E-state index in [-0.39, 0.29) is 17.9 Å². The number of hydrogen-bond acceptors (Lipinski definition) is 3. The van der Waals surface area contributed by atoms with Crippen LogP contribution in [0.25, 0.3) is 0 Å². The molecule has 146 valence electrons. The molecule has 0 aliphatic carbocycles. The number of aryl methyl sites for hydroxylation is 1. The van der Waals surface area contributed by atoms with Gasteiger partial charge in [0, 0.05) is 6.42 Å². The van der Waals surface area contributed by atoms with Crippen LogP contribution in [0.4, 0.5) is 0 Å². The predicted molar refractivity (Wildman–Crippen MR) is 108 cm³/mol. The van der Waals surface area contributed by atoms with Gasteiger partial charge >= 0.3 is 0 Å². The number of unbranched alkanes of at least 4 members (excludes halogenated alkanes) is 7. The molecule has 0 amide bonds. The van der Waals surface area contributed by atoms with Crippen LogP contribution in [0.3, 0.4) is 0 Å². The summed E-state index contributed by atoms with van der Waals surface area (Å²) in [5.74, 6) is 0.194. The van der Waals surface area contributed by atoms with Crippen LogP contribution in [0, 0.1) is 0 Å². The number of Topliss-reactive ketones (excluding diaryl/α,β-unsaturated/α-hetero) is 1. The van der Waals surface area contributed by atoms with Crippen LogP contribution in [-0.4, -0.2) is 29.6 Å². The van der Waals surface area contributed by atoms with E-state index in [0.717, 1.165) is 24.9 Å². The number of nitrogens with one attached hydrogen (secondary N) is 1. The molecule has 2 atom stereocenters. The first-order valence-corrected chi connectivity index (χ1v) is 10.7. The van der Waals surface area contributed by atoms with Gasteiger partial charge in [-0.15, -0.1) is 0 Å². The second-order valence-corrected chi connectivity index (χ2v) is 7.87. The van der Waals surface area contributed by atoms with E-state index < -0.39 is 0 Å². The molecule has 0 aromatic heterocycles. The molecule has 1 aromatic rings. The molecule has 1 aliphatic heterocycles. The summed E-state index contributed by atoms with van der Waals surface area (Å²) in [5, 5.41) is 12.9. The largest absolute Gasteiger partial charge is 0.393 e. The smallest absolute Gasteiger partial charge is 0.154 e. The molecule has 2 N–H and O–H groups in total. The van der Waals surface area contributed by atoms with Crippen molar-refractivity contribution >= 4 is 5.78 Å². The first-order valence-electron chi connectivity index (χ1n) is 10.7. The Balaban J connectivity index is 1.62. The minimum Gasteiger partial charge on any atom is -0.393 e. The van der Waals surface area contributed by atoms with E-state index >= 15 is 0 Å². The van der Waals surface area contributed by atoms with Crippen LogP contribution in [-0.2, 0) is 17.6 Å². The summed E-state index contributed by atoms with van der Waals surface area (Å²) in [6, 6.07) is 8.35. The van der Waals surface area contributed by atoms with Crippen molar-refractivity contribution < 1.29 is 9.90 Å². The highest BCUT2D eigenvalue weighted by molar-refractivity contribution is 5.86. The van der Waals surface area contributed by atoms with Crippen LogP contribution < -0.4 is 5.32 Å². The zero-order chi connectivity index (χ0) is 18.6. The van der Waals surface area contributed by atoms with Gasteiger partial charge < -0.3 is 10.4 Å². The average Bonchev–Trinajstić information content (AvgIpc) is 2.65. The summed E-state index contributed by atoms with van der Waals surface area (Å²) in [6.45, 7) is 2.99. The van der Waals surface area contributed by atoms with Gasteiger partial charge in [0.15, 0.2) is 5.78 Å². The summed E-state index contributed by atoms with van der Waals surface area (Å²) in [7, 11) is 0. The number of piperidine rings is 1. The Morgan fingerprint density at radius 1 is 1.00 bits per heavy atom. The van der Waals surface area contributed by atoms with Gasteiger partial charge in [0.2, 0.25) is 0 Å². The first-order chi connectivity index (χ1) is 12.7. The standard InChI is InChI=1S/C23H37NO2/c1-2-3-4-5-6-7-8-9-10-19-11-13-20(14-12-19)17-23(26)22-18-21(25)15-16-24-22/h11-14,21-22,24-25H,2-10,15-18H2,1H3/t21-,22-/m0/s1. The lowest BCUT2D eigenvalue weighted by molar-refractivity contribution is -0.121. The number of carbonyl (C=O) groups is 1. The Morgan fingerprint density at radius 3 is 2.27 bits per heavy atom. The number of aliphatic hydroxyl groups is 1. The van der Waals surface area contributed by atoms with Crippen LogP contribution in [0.15, 0.2) is 24.3 Å². The third kappa shape index (κ3) is 8.01. The molecular formula is C23H37NO2. The fraction of sp³-hybridized carbons (Fsp3) is 0.696. The molecule has 1 heterocycles. The SMILES string of the molecule is CCCCCCCCCCc1ccc(CC(=O)[C@@H]2C[C@@H](O)CCN2)cc1. The van der Waals surface area contributed by atoms with E-state index in [1.165, 1.54) is 56.9 Å². The van der Waals surface area contributed by atoms with Crippen molar-refractivity contribution in [3.05, 3.63) is 35.4 Å². The fourth-order valence-corrected chi connectivity index (χ4v) is 3.75. The van der Waals surface area contributed by atoms with Gasteiger partial charge in [-0.05, 0) is 43.4 Å². The van der Waals surface area contributed by atoms with Crippen LogP contribution in [0.5, 0.6) is 0 Å². The van der Waals surface area contributed by atoms with E-state index in [0.29, 0.717) is 12.8 Å². The molecule has 2 rings (SSSR count). The average molecular weight is 360 g/mol. The van der Waals surface area contributed by atoms with Crippen molar-refractivity contribution in [2.45, 2.75) is 96.1 Å². The molecule has 0 spiro atoms. The Hall–Kier alpha value is -1.19. The molecular weight excluding hydrogens is 322 g/mol. The number of aliphatic hydroxyl groups excluding tert-OH is 1. The topological polar surface area (TPSA) is 49.3 Å². The van der Waals surface area contributed by atoms with Crippen LogP contribution >= 0.6 is 0 Å². The van der Waals surface area contributed by atoms with Crippen molar-refractivity contribution in [3.8, 4) is 0 Å². The summed E-state index contributed by atoms with van der Waals surface area (Å²) in [4.78, 5) is 12.4. The maximum atomic E-state index is 12.4. The summed E-state index contributed by atoms with van der Waals surface area (Å²) in [6.07, 6.45) is 13.4. The highest BCUT2D eigenvalue weighted by atomic mass is 16.3. The van der Waals surface area contributed by atoms with Crippen molar-refractivity contribution in [2.75, 3.05) is 6.54 Å². The van der Waals surface area contributed by atoms with Gasteiger partial charge in [0.1, 0.15) is 0 Å². The molecule has 1 aliphatic rings. The second-order valence-electron chi connectivity index (χ2n) is 7.87. The van der Waals surface area contributed by atoms with Gasteiger partial charge in [-0.2, -0.15) is 0 Å². The van der Waals surface area contributed by atoms with E-state index in [2.05, 4.69) is 36.5 Å². The molecule has 0 bridgehead atoms. The number of benzene rings is 1. The van der Waals surface area contributed by atoms with Crippen molar-refractivity contribution in [3.63, 3.8) is 0 Å². The molecule has 0 unspecified atom stereocenters. The van der Waals surface area contributed by atoms with Gasteiger partial charge in [0.25, 0.3) is 0 Å². The minimum absolute atomic E-state index is 0.184. The van der Waals surface area contributed by atoms with E-state index in [9.17, 15) is 9.90 Å². The lowest BCUT2D eigenvalue weighted by atomic mass is 9.94. The molecule has 1 fully saturated rings. The zero-order valence-electron chi connectivity index (χ0n) is 16.5. The lowest BCUT2D eigenvalue weighted by Gasteiger charge is -2.26. The molecule has 3 heteroatoms. The number of hydrogen-bond donors (Lipinski definition) is 2. The van der Waals surface area contributed by atoms with Crippen molar-refractivity contribution in [2.24, 2.45) is 0 Å². The molecule has 3 nitrogen and oxygen atoms in total. The molecule has 1 saturated heterocycles. The normalized spacial score (nSPS) is 20.2. The highest BCUT2D eigenvalue weighted by Gasteiger charge is 2.25. The first kappa shape index (κ1) is 21.1. The van der Waals surface area contributed by atoms with Crippen molar-refractivity contribution in [1.29, 1.82) is 0 Å². The molecule has 0 radical (unpaired) electrons. The lowest BCUT2D eigenvalue weighted by Crippen LogP contribution is -2.45. The third-order valence-corrected chi connectivity index (χ3v) is 5.49. The number of ketones is 1. The van der Waals surface area contributed by atoms with E-state index in [1.807, 2.05) is 0 Å². The molecule has 0 saturated carbocycles. The summed E-state index contributed by atoms with van der Waals surface area (Å²) in [5.41, 5.74) is 2.45. The summed E-state index contributed by atoms with van der Waals surface area (Å²) >= 11 is 0. The van der Waals surface area contributed by atoms with Gasteiger partial charge in [-0.25, -0.2) is 0 Å². The Kier molecular flexibility index (Phi) is 9.94. The highest BCUT2D eigenvalue weighted by Crippen LogP contribution is 2.15. The van der Waals surface area contributed by atoms with E-state index in [4.69, 9.17) is 0 Å². The maximum absolute atomic E-state index is 12.4. The Bertz CT molecular complexity index is 511. The number of rotatable bonds is 12. The monoisotopic (exact) mass is 359 g/mol. The summed E-state index contributed by atoms with van der Waals surface area (Å²) < 4.78 is 0. The Morgan fingerprint density at radius 2 is 1.62 bits per heavy atom. The maximum Gasteiger partial charge on any atom is 0.154 e. The second kappa shape index (κ2) is 12.2. The van der Waals surface area contributed by atoms with Crippen LogP contribution in [0.1, 0.15) is 82.3 Å². The van der Waals surface area contributed by atoms with Crippen LogP contribution in [0.2, 0.25) is 0 Å². The predicted octanol–water partition coefficient (Wildman–Crippen LogP) is 4.59. The van der Waals surface area contributed by atoms with Crippen molar-refractivity contribution in [1.82, 2.24) is 5.32 Å². The van der Waals surface area contributed by atoms with Gasteiger partial charge in [0.05, 0.1) is 12.1 Å². The molecule has 26 heavy (non-hydrogen) atoms. The molecule has 1 aromatic carbocycles. The van der Waals surface area contributed by atoms with Gasteiger partial charge in [-0.1, -0.05) is 76.1 Å². The third-order valence-electron chi connectivity index (χ3n) is 5.49. The minimum atomic E-state index is -0.334. The number of carbonyl (C=O) groups excluding carboxylic acids is 1.